The molecule has 4 heteroatoms. The van der Waals surface area contributed by atoms with Crippen molar-refractivity contribution in [2.75, 3.05) is 39.3 Å². The highest BCUT2D eigenvalue weighted by molar-refractivity contribution is 5.78. The SMILES string of the molecule is CC1CCCCC1CNC(=O)CN1CCCNCC1. The standard InChI is InChI=1S/C15H29N3O/c1-13-5-2-3-6-14(13)11-17-15(19)12-18-9-4-7-16-8-10-18/h13-14,16H,2-12H2,1H3,(H,17,19). The summed E-state index contributed by atoms with van der Waals surface area (Å²) < 4.78 is 0. The zero-order chi connectivity index (χ0) is 13.5. The normalized spacial score (nSPS) is 29.7. The fourth-order valence-corrected chi connectivity index (χ4v) is 3.26. The van der Waals surface area contributed by atoms with Gasteiger partial charge in [-0.05, 0) is 37.8 Å². The molecular weight excluding hydrogens is 238 g/mol. The third kappa shape index (κ3) is 5.11. The molecule has 2 rings (SSSR count). The number of amides is 1. The maximum Gasteiger partial charge on any atom is 0.234 e. The first-order valence-corrected chi connectivity index (χ1v) is 7.95. The Morgan fingerprint density at radius 1 is 1.21 bits per heavy atom. The molecule has 2 unspecified atom stereocenters. The number of nitrogens with one attached hydrogen (secondary N) is 2. The van der Waals surface area contributed by atoms with Gasteiger partial charge in [-0.2, -0.15) is 0 Å². The van der Waals surface area contributed by atoms with Crippen molar-refractivity contribution < 1.29 is 4.79 Å². The number of hydrogen-bond acceptors (Lipinski definition) is 3. The van der Waals surface area contributed by atoms with Crippen molar-refractivity contribution in [3.05, 3.63) is 0 Å². The fourth-order valence-electron chi connectivity index (χ4n) is 3.26. The summed E-state index contributed by atoms with van der Waals surface area (Å²) in [5.74, 6) is 1.68. The largest absolute Gasteiger partial charge is 0.355 e. The van der Waals surface area contributed by atoms with E-state index >= 15 is 0 Å². The maximum absolute atomic E-state index is 12.0. The molecular formula is C15H29N3O. The molecule has 1 aliphatic carbocycles. The Balaban J connectivity index is 1.65. The molecule has 0 aromatic carbocycles. The van der Waals surface area contributed by atoms with E-state index in [0.29, 0.717) is 12.5 Å². The minimum atomic E-state index is 0.208. The van der Waals surface area contributed by atoms with Crippen molar-refractivity contribution in [1.82, 2.24) is 15.5 Å². The summed E-state index contributed by atoms with van der Waals surface area (Å²) in [7, 11) is 0. The summed E-state index contributed by atoms with van der Waals surface area (Å²) in [6.45, 7) is 7.91. The lowest BCUT2D eigenvalue weighted by atomic mass is 9.80. The third-order valence-electron chi connectivity index (χ3n) is 4.65. The van der Waals surface area contributed by atoms with Crippen molar-refractivity contribution in [2.45, 2.75) is 39.0 Å². The van der Waals surface area contributed by atoms with Gasteiger partial charge in [0.15, 0.2) is 0 Å². The molecule has 0 aromatic rings. The fraction of sp³-hybridized carbons (Fsp3) is 0.933. The van der Waals surface area contributed by atoms with E-state index in [2.05, 4.69) is 22.5 Å². The van der Waals surface area contributed by atoms with Gasteiger partial charge in [-0.25, -0.2) is 0 Å². The van der Waals surface area contributed by atoms with Gasteiger partial charge in [-0.3, -0.25) is 9.69 Å². The second-order valence-electron chi connectivity index (χ2n) is 6.21. The number of rotatable bonds is 4. The minimum Gasteiger partial charge on any atom is -0.355 e. The lowest BCUT2D eigenvalue weighted by molar-refractivity contribution is -0.122. The summed E-state index contributed by atoms with van der Waals surface area (Å²) in [6, 6.07) is 0. The van der Waals surface area contributed by atoms with E-state index in [0.717, 1.165) is 45.1 Å². The van der Waals surface area contributed by atoms with E-state index in [9.17, 15) is 4.79 Å². The minimum absolute atomic E-state index is 0.208. The van der Waals surface area contributed by atoms with Gasteiger partial charge in [0.25, 0.3) is 0 Å². The molecule has 19 heavy (non-hydrogen) atoms. The van der Waals surface area contributed by atoms with E-state index in [-0.39, 0.29) is 5.91 Å². The number of carbonyl (C=O) groups excluding carboxylic acids is 1. The third-order valence-corrected chi connectivity index (χ3v) is 4.65. The first kappa shape index (κ1) is 14.8. The molecule has 1 amide bonds. The van der Waals surface area contributed by atoms with E-state index in [1.54, 1.807) is 0 Å². The zero-order valence-electron chi connectivity index (χ0n) is 12.3. The summed E-state index contributed by atoms with van der Waals surface area (Å²) in [5, 5.41) is 6.52. The van der Waals surface area contributed by atoms with Crippen LogP contribution in [0.15, 0.2) is 0 Å². The molecule has 0 radical (unpaired) electrons. The van der Waals surface area contributed by atoms with Crippen molar-refractivity contribution in [1.29, 1.82) is 0 Å². The highest BCUT2D eigenvalue weighted by atomic mass is 16.2. The molecule has 4 nitrogen and oxygen atoms in total. The predicted octanol–water partition coefficient (Wildman–Crippen LogP) is 1.22. The molecule has 1 heterocycles. The Labute approximate surface area is 117 Å². The molecule has 2 atom stereocenters. The van der Waals surface area contributed by atoms with Crippen LogP contribution in [-0.4, -0.2) is 50.1 Å². The van der Waals surface area contributed by atoms with Crippen LogP contribution in [0.3, 0.4) is 0 Å². The number of carbonyl (C=O) groups is 1. The predicted molar refractivity (Wildman–Crippen MR) is 78.1 cm³/mol. The van der Waals surface area contributed by atoms with Gasteiger partial charge in [0.1, 0.15) is 0 Å². The van der Waals surface area contributed by atoms with Crippen LogP contribution in [0.5, 0.6) is 0 Å². The monoisotopic (exact) mass is 267 g/mol. The second-order valence-corrected chi connectivity index (χ2v) is 6.21. The number of hydrogen-bond donors (Lipinski definition) is 2. The van der Waals surface area contributed by atoms with Crippen LogP contribution in [0.4, 0.5) is 0 Å². The van der Waals surface area contributed by atoms with E-state index in [1.165, 1.54) is 25.7 Å². The van der Waals surface area contributed by atoms with Crippen molar-refractivity contribution in [2.24, 2.45) is 11.8 Å². The van der Waals surface area contributed by atoms with Crippen LogP contribution < -0.4 is 10.6 Å². The van der Waals surface area contributed by atoms with Gasteiger partial charge in [0.2, 0.25) is 5.91 Å². The Morgan fingerprint density at radius 3 is 2.89 bits per heavy atom. The topological polar surface area (TPSA) is 44.4 Å². The lowest BCUT2D eigenvalue weighted by Crippen LogP contribution is -2.41. The Kier molecular flexibility index (Phi) is 6.11. The maximum atomic E-state index is 12.0. The van der Waals surface area contributed by atoms with Crippen LogP contribution in [0, 0.1) is 11.8 Å². The zero-order valence-corrected chi connectivity index (χ0v) is 12.3. The molecule has 0 aromatic heterocycles. The summed E-state index contributed by atoms with van der Waals surface area (Å²) >= 11 is 0. The second kappa shape index (κ2) is 7.85. The average molecular weight is 267 g/mol. The number of nitrogens with zero attached hydrogens (tertiary/aromatic N) is 1. The molecule has 1 saturated heterocycles. The van der Waals surface area contributed by atoms with Gasteiger partial charge in [0, 0.05) is 19.6 Å². The van der Waals surface area contributed by atoms with Crippen LogP contribution in [0.2, 0.25) is 0 Å². The highest BCUT2D eigenvalue weighted by Gasteiger charge is 2.22. The first-order valence-electron chi connectivity index (χ1n) is 7.95. The van der Waals surface area contributed by atoms with Crippen molar-refractivity contribution in [3.8, 4) is 0 Å². The van der Waals surface area contributed by atoms with Gasteiger partial charge in [-0.1, -0.05) is 26.2 Å². The van der Waals surface area contributed by atoms with Gasteiger partial charge in [-0.15, -0.1) is 0 Å². The molecule has 1 aliphatic heterocycles. The van der Waals surface area contributed by atoms with Crippen LogP contribution >= 0.6 is 0 Å². The van der Waals surface area contributed by atoms with E-state index < -0.39 is 0 Å². The van der Waals surface area contributed by atoms with Crippen molar-refractivity contribution in [3.63, 3.8) is 0 Å². The molecule has 0 bridgehead atoms. The molecule has 2 aliphatic rings. The van der Waals surface area contributed by atoms with E-state index in [4.69, 9.17) is 0 Å². The average Bonchev–Trinajstić information content (AvgIpc) is 2.66. The Hall–Kier alpha value is -0.610. The van der Waals surface area contributed by atoms with Crippen LogP contribution in [0.1, 0.15) is 39.0 Å². The molecule has 2 N–H and O–H groups in total. The first-order chi connectivity index (χ1) is 9.25. The van der Waals surface area contributed by atoms with Gasteiger partial charge < -0.3 is 10.6 Å². The smallest absolute Gasteiger partial charge is 0.234 e. The highest BCUT2D eigenvalue weighted by Crippen LogP contribution is 2.28. The van der Waals surface area contributed by atoms with Crippen molar-refractivity contribution >= 4 is 5.91 Å². The van der Waals surface area contributed by atoms with Gasteiger partial charge in [0.05, 0.1) is 6.54 Å². The summed E-state index contributed by atoms with van der Waals surface area (Å²) in [4.78, 5) is 14.3. The lowest BCUT2D eigenvalue weighted by Gasteiger charge is -2.29. The summed E-state index contributed by atoms with van der Waals surface area (Å²) in [5.41, 5.74) is 0. The molecule has 0 spiro atoms. The summed E-state index contributed by atoms with van der Waals surface area (Å²) in [6.07, 6.45) is 6.47. The molecule has 110 valence electrons. The molecule has 1 saturated carbocycles. The molecule has 2 fully saturated rings. The van der Waals surface area contributed by atoms with E-state index in [1.807, 2.05) is 0 Å². The quantitative estimate of drug-likeness (QED) is 0.805. The van der Waals surface area contributed by atoms with Gasteiger partial charge >= 0.3 is 0 Å². The van der Waals surface area contributed by atoms with Crippen LogP contribution in [0.25, 0.3) is 0 Å². The van der Waals surface area contributed by atoms with Crippen LogP contribution in [-0.2, 0) is 4.79 Å². The Morgan fingerprint density at radius 2 is 2.05 bits per heavy atom. The Bertz CT molecular complexity index is 275.